The molecule has 176 valence electrons. The van der Waals surface area contributed by atoms with Gasteiger partial charge in [-0.2, -0.15) is 0 Å². The smallest absolute Gasteiger partial charge is 0.174 e. The Labute approximate surface area is 200 Å². The van der Waals surface area contributed by atoms with E-state index in [-0.39, 0.29) is 12.1 Å². The van der Waals surface area contributed by atoms with Crippen molar-refractivity contribution < 1.29 is 23.7 Å². The normalized spacial score (nSPS) is 17.8. The number of rotatable bonds is 8. The van der Waals surface area contributed by atoms with Crippen LogP contribution < -0.4 is 9.47 Å². The molecule has 0 spiro atoms. The van der Waals surface area contributed by atoms with Gasteiger partial charge in [0.05, 0.1) is 6.61 Å². The Morgan fingerprint density at radius 1 is 0.882 bits per heavy atom. The Kier molecular flexibility index (Phi) is 7.22. The van der Waals surface area contributed by atoms with E-state index in [0.29, 0.717) is 36.9 Å². The first-order valence-corrected chi connectivity index (χ1v) is 12.1. The molecule has 1 aliphatic carbocycles. The first kappa shape index (κ1) is 22.6. The Balaban J connectivity index is 1.40. The van der Waals surface area contributed by atoms with Gasteiger partial charge in [0.25, 0.3) is 0 Å². The lowest BCUT2D eigenvalue weighted by Gasteiger charge is -2.24. The van der Waals surface area contributed by atoms with E-state index in [9.17, 15) is 4.79 Å². The highest BCUT2D eigenvalue weighted by Crippen LogP contribution is 2.38. The summed E-state index contributed by atoms with van der Waals surface area (Å²) in [5.41, 5.74) is 3.83. The van der Waals surface area contributed by atoms with E-state index in [0.717, 1.165) is 61.0 Å². The van der Waals surface area contributed by atoms with Crippen LogP contribution in [0, 0.1) is 0 Å². The molecule has 5 heteroatoms. The Bertz CT molecular complexity index is 1120. The summed E-state index contributed by atoms with van der Waals surface area (Å²) in [7, 11) is 0. The largest absolute Gasteiger partial charge is 0.485 e. The summed E-state index contributed by atoms with van der Waals surface area (Å²) in [6.45, 7) is 1.54. The van der Waals surface area contributed by atoms with Crippen LogP contribution in [0.5, 0.6) is 17.2 Å². The number of carbonyl (C=O) groups is 1. The van der Waals surface area contributed by atoms with Gasteiger partial charge < -0.3 is 18.9 Å². The molecule has 1 atom stereocenters. The third-order valence-corrected chi connectivity index (χ3v) is 6.31. The molecule has 5 nitrogen and oxygen atoms in total. The third kappa shape index (κ3) is 5.49. The minimum absolute atomic E-state index is 0.190. The summed E-state index contributed by atoms with van der Waals surface area (Å²) in [6, 6.07) is 21.7. The fraction of sp³-hybridized carbons (Fsp3) is 0.345. The van der Waals surface area contributed by atoms with Gasteiger partial charge in [-0.1, -0.05) is 42.5 Å². The molecule has 0 bridgehead atoms. The number of fused-ring (bicyclic) bond motifs is 1. The van der Waals surface area contributed by atoms with Crippen LogP contribution in [0.2, 0.25) is 0 Å². The third-order valence-electron chi connectivity index (χ3n) is 6.31. The number of ketones is 1. The Morgan fingerprint density at radius 3 is 2.65 bits per heavy atom. The topological polar surface area (TPSA) is 54.0 Å². The molecule has 5 rings (SSSR count). The van der Waals surface area contributed by atoms with E-state index in [1.807, 2.05) is 66.7 Å². The fourth-order valence-corrected chi connectivity index (χ4v) is 4.47. The van der Waals surface area contributed by atoms with Crippen LogP contribution in [-0.2, 0) is 29.1 Å². The molecule has 0 amide bonds. The van der Waals surface area contributed by atoms with Gasteiger partial charge in [0.1, 0.15) is 12.4 Å². The van der Waals surface area contributed by atoms with Crippen molar-refractivity contribution in [2.75, 3.05) is 6.61 Å². The van der Waals surface area contributed by atoms with Crippen molar-refractivity contribution in [2.45, 2.75) is 58.0 Å². The minimum Gasteiger partial charge on any atom is -0.485 e. The molecule has 2 aliphatic rings. The van der Waals surface area contributed by atoms with Gasteiger partial charge in [-0.15, -0.1) is 0 Å². The van der Waals surface area contributed by atoms with Gasteiger partial charge in [0.15, 0.2) is 23.6 Å². The predicted molar refractivity (Wildman–Crippen MR) is 129 cm³/mol. The molecular weight excluding hydrogens is 428 g/mol. The number of ether oxygens (including phenoxy) is 4. The molecule has 3 aromatic carbocycles. The molecule has 0 saturated carbocycles. The van der Waals surface area contributed by atoms with Crippen LogP contribution in [-0.4, -0.2) is 18.7 Å². The zero-order valence-electron chi connectivity index (χ0n) is 19.3. The summed E-state index contributed by atoms with van der Waals surface area (Å²) in [5.74, 6) is 2.19. The van der Waals surface area contributed by atoms with Crippen LogP contribution in [0.3, 0.4) is 0 Å². The van der Waals surface area contributed by atoms with E-state index in [4.69, 9.17) is 18.9 Å². The molecule has 0 N–H and O–H groups in total. The predicted octanol–water partition coefficient (Wildman–Crippen LogP) is 6.62. The molecule has 1 unspecified atom stereocenters. The lowest BCUT2D eigenvalue weighted by Crippen LogP contribution is -2.22. The molecular formula is C29H30O5. The maximum Gasteiger partial charge on any atom is 0.174 e. The maximum absolute atomic E-state index is 12.2. The van der Waals surface area contributed by atoms with Crippen LogP contribution in [0.1, 0.15) is 59.2 Å². The van der Waals surface area contributed by atoms with Crippen molar-refractivity contribution in [3.8, 4) is 17.2 Å². The Hall–Kier alpha value is -3.15. The summed E-state index contributed by atoms with van der Waals surface area (Å²) in [4.78, 5) is 12.2. The van der Waals surface area contributed by atoms with E-state index < -0.39 is 0 Å². The molecule has 34 heavy (non-hydrogen) atoms. The molecule has 0 radical (unpaired) electrons. The van der Waals surface area contributed by atoms with Gasteiger partial charge in [0.2, 0.25) is 0 Å². The van der Waals surface area contributed by atoms with Gasteiger partial charge in [0, 0.05) is 24.2 Å². The molecule has 1 aliphatic heterocycles. The van der Waals surface area contributed by atoms with Crippen molar-refractivity contribution in [3.63, 3.8) is 0 Å². The lowest BCUT2D eigenvalue weighted by molar-refractivity contribution is -0.169. The second-order valence-electron chi connectivity index (χ2n) is 8.82. The van der Waals surface area contributed by atoms with E-state index in [1.54, 1.807) is 0 Å². The number of aryl methyl sites for hydroxylation is 1. The number of para-hydroxylation sites is 1. The standard InChI is InChI=1S/C29H30O5/c30-26-12-6-10-22-18-24(15-16-25(22)26)34-29-23(20-33-28-14-4-5-17-31-28)11-7-13-27(29)32-19-21-8-2-1-3-9-21/h1-3,7-9,11,13,15-16,18,28H,4-6,10,12,14,17,19-20H2. The van der Waals surface area contributed by atoms with Crippen LogP contribution in [0.15, 0.2) is 66.7 Å². The Morgan fingerprint density at radius 2 is 1.79 bits per heavy atom. The molecule has 0 aromatic heterocycles. The SMILES string of the molecule is O=C1CCCc2cc(Oc3c(COC4CCCCO4)cccc3OCc3ccccc3)ccc21. The average molecular weight is 459 g/mol. The van der Waals surface area contributed by atoms with Crippen molar-refractivity contribution in [1.82, 2.24) is 0 Å². The highest BCUT2D eigenvalue weighted by atomic mass is 16.7. The molecule has 1 heterocycles. The quantitative estimate of drug-likeness (QED) is 0.380. The van der Waals surface area contributed by atoms with Crippen molar-refractivity contribution in [2.24, 2.45) is 0 Å². The van der Waals surface area contributed by atoms with Crippen LogP contribution in [0.4, 0.5) is 0 Å². The first-order valence-electron chi connectivity index (χ1n) is 12.1. The maximum atomic E-state index is 12.2. The van der Waals surface area contributed by atoms with Crippen LogP contribution in [0.25, 0.3) is 0 Å². The van der Waals surface area contributed by atoms with E-state index in [1.165, 1.54) is 0 Å². The second kappa shape index (κ2) is 10.9. The highest BCUT2D eigenvalue weighted by Gasteiger charge is 2.20. The summed E-state index contributed by atoms with van der Waals surface area (Å²) in [5, 5.41) is 0. The number of carbonyl (C=O) groups excluding carboxylic acids is 1. The first-order chi connectivity index (χ1) is 16.8. The average Bonchev–Trinajstić information content (AvgIpc) is 2.88. The second-order valence-corrected chi connectivity index (χ2v) is 8.82. The number of Topliss-reactive ketones (excluding diaryl/α,β-unsaturated/α-hetero) is 1. The zero-order chi connectivity index (χ0) is 23.2. The zero-order valence-corrected chi connectivity index (χ0v) is 19.3. The molecule has 1 fully saturated rings. The van der Waals surface area contributed by atoms with Gasteiger partial charge in [-0.25, -0.2) is 0 Å². The summed E-state index contributed by atoms with van der Waals surface area (Å²) < 4.78 is 24.4. The number of hydrogen-bond donors (Lipinski definition) is 0. The van der Waals surface area contributed by atoms with Gasteiger partial charge in [-0.05, 0) is 67.5 Å². The fourth-order valence-electron chi connectivity index (χ4n) is 4.47. The van der Waals surface area contributed by atoms with Crippen molar-refractivity contribution in [3.05, 3.63) is 89.0 Å². The number of hydrogen-bond acceptors (Lipinski definition) is 5. The minimum atomic E-state index is -0.190. The summed E-state index contributed by atoms with van der Waals surface area (Å²) >= 11 is 0. The molecule has 1 saturated heterocycles. The van der Waals surface area contributed by atoms with Crippen molar-refractivity contribution in [1.29, 1.82) is 0 Å². The van der Waals surface area contributed by atoms with E-state index >= 15 is 0 Å². The molecule has 3 aromatic rings. The highest BCUT2D eigenvalue weighted by molar-refractivity contribution is 5.98. The van der Waals surface area contributed by atoms with Crippen LogP contribution >= 0.6 is 0 Å². The van der Waals surface area contributed by atoms with Crippen molar-refractivity contribution >= 4 is 5.78 Å². The van der Waals surface area contributed by atoms with Gasteiger partial charge in [-0.3, -0.25) is 4.79 Å². The monoisotopic (exact) mass is 458 g/mol. The lowest BCUT2D eigenvalue weighted by atomic mass is 9.90. The van der Waals surface area contributed by atoms with Gasteiger partial charge >= 0.3 is 0 Å². The number of benzene rings is 3. The van der Waals surface area contributed by atoms with E-state index in [2.05, 4.69) is 0 Å². The summed E-state index contributed by atoms with van der Waals surface area (Å²) in [6.07, 6.45) is 5.30.